The second kappa shape index (κ2) is 6.12. The molecule has 0 aliphatic carbocycles. The molecular formula is C15H14BrFO. The first-order valence-electron chi connectivity index (χ1n) is 5.81. The molecule has 0 radical (unpaired) electrons. The van der Waals surface area contributed by atoms with Gasteiger partial charge in [0.1, 0.15) is 5.82 Å². The van der Waals surface area contributed by atoms with E-state index in [1.165, 1.54) is 6.07 Å². The van der Waals surface area contributed by atoms with Gasteiger partial charge >= 0.3 is 0 Å². The van der Waals surface area contributed by atoms with Crippen molar-refractivity contribution in [3.05, 3.63) is 69.9 Å². The molecule has 3 heteroatoms. The molecule has 0 saturated heterocycles. The zero-order valence-corrected chi connectivity index (χ0v) is 11.4. The van der Waals surface area contributed by atoms with E-state index >= 15 is 0 Å². The fraction of sp³-hybridized carbons (Fsp3) is 0.200. The molecule has 1 unspecified atom stereocenters. The summed E-state index contributed by atoms with van der Waals surface area (Å²) in [7, 11) is 0. The molecule has 0 aliphatic heterocycles. The summed E-state index contributed by atoms with van der Waals surface area (Å²) >= 11 is 3.36. The van der Waals surface area contributed by atoms with Crippen molar-refractivity contribution >= 4 is 15.9 Å². The third-order valence-electron chi connectivity index (χ3n) is 2.80. The predicted octanol–water partition coefficient (Wildman–Crippen LogP) is 3.73. The Hall–Kier alpha value is -1.19. The molecule has 0 amide bonds. The van der Waals surface area contributed by atoms with Crippen LogP contribution in [0.3, 0.4) is 0 Å². The maximum atomic E-state index is 13.4. The molecule has 0 aliphatic rings. The number of rotatable bonds is 4. The smallest absolute Gasteiger partial charge is 0.126 e. The van der Waals surface area contributed by atoms with E-state index in [0.717, 1.165) is 10.0 Å². The Kier molecular flexibility index (Phi) is 4.50. The molecule has 0 saturated carbocycles. The number of aliphatic hydroxyl groups is 1. The Labute approximate surface area is 114 Å². The zero-order chi connectivity index (χ0) is 13.0. The standard InChI is InChI=1S/C15H14BrFO/c16-13-7-5-11(6-8-13)9-14(18)10-12-3-1-2-4-15(12)17/h1-8,14,18H,9-10H2. The molecule has 0 spiro atoms. The second-order valence-corrected chi connectivity index (χ2v) is 5.20. The molecule has 0 aromatic heterocycles. The minimum Gasteiger partial charge on any atom is -0.392 e. The SMILES string of the molecule is OC(Cc1ccc(Br)cc1)Cc1ccccc1F. The number of aliphatic hydroxyl groups excluding tert-OH is 1. The average Bonchev–Trinajstić information content (AvgIpc) is 2.35. The van der Waals surface area contributed by atoms with Gasteiger partial charge in [0, 0.05) is 10.9 Å². The van der Waals surface area contributed by atoms with E-state index in [4.69, 9.17) is 0 Å². The summed E-state index contributed by atoms with van der Waals surface area (Å²) in [5, 5.41) is 9.97. The van der Waals surface area contributed by atoms with Gasteiger partial charge in [-0.05, 0) is 35.7 Å². The van der Waals surface area contributed by atoms with Gasteiger partial charge in [0.25, 0.3) is 0 Å². The van der Waals surface area contributed by atoms with Crippen molar-refractivity contribution in [1.82, 2.24) is 0 Å². The first-order valence-corrected chi connectivity index (χ1v) is 6.60. The molecule has 18 heavy (non-hydrogen) atoms. The summed E-state index contributed by atoms with van der Waals surface area (Å²) < 4.78 is 14.4. The lowest BCUT2D eigenvalue weighted by atomic mass is 10.0. The first-order chi connectivity index (χ1) is 8.65. The number of hydrogen-bond donors (Lipinski definition) is 1. The quantitative estimate of drug-likeness (QED) is 0.912. The number of halogens is 2. The van der Waals surface area contributed by atoms with Gasteiger partial charge in [0.15, 0.2) is 0 Å². The predicted molar refractivity (Wildman–Crippen MR) is 74.0 cm³/mol. The van der Waals surface area contributed by atoms with E-state index < -0.39 is 6.10 Å². The lowest BCUT2D eigenvalue weighted by molar-refractivity contribution is 0.174. The molecule has 2 aromatic rings. The van der Waals surface area contributed by atoms with E-state index in [2.05, 4.69) is 15.9 Å². The lowest BCUT2D eigenvalue weighted by Crippen LogP contribution is -2.14. The van der Waals surface area contributed by atoms with Crippen LogP contribution in [-0.2, 0) is 12.8 Å². The first kappa shape index (κ1) is 13.2. The zero-order valence-electron chi connectivity index (χ0n) is 9.81. The van der Waals surface area contributed by atoms with Crippen molar-refractivity contribution < 1.29 is 9.50 Å². The Bertz CT molecular complexity index is 510. The highest BCUT2D eigenvalue weighted by molar-refractivity contribution is 9.10. The Morgan fingerprint density at radius 2 is 1.67 bits per heavy atom. The summed E-state index contributed by atoms with van der Waals surface area (Å²) in [4.78, 5) is 0. The molecule has 0 bridgehead atoms. The van der Waals surface area contributed by atoms with Gasteiger partial charge in [0.2, 0.25) is 0 Å². The number of benzene rings is 2. The molecule has 1 nitrogen and oxygen atoms in total. The van der Waals surface area contributed by atoms with Crippen LogP contribution in [0.1, 0.15) is 11.1 Å². The normalized spacial score (nSPS) is 12.4. The van der Waals surface area contributed by atoms with Crippen LogP contribution in [0.25, 0.3) is 0 Å². The highest BCUT2D eigenvalue weighted by atomic mass is 79.9. The van der Waals surface area contributed by atoms with Crippen molar-refractivity contribution in [2.45, 2.75) is 18.9 Å². The Balaban J connectivity index is 1.99. The molecule has 1 atom stereocenters. The third kappa shape index (κ3) is 3.65. The maximum Gasteiger partial charge on any atom is 0.126 e. The van der Waals surface area contributed by atoms with Gasteiger partial charge in [-0.1, -0.05) is 46.3 Å². The van der Waals surface area contributed by atoms with Crippen LogP contribution in [0.15, 0.2) is 53.0 Å². The Morgan fingerprint density at radius 1 is 1.00 bits per heavy atom. The lowest BCUT2D eigenvalue weighted by Gasteiger charge is -2.11. The summed E-state index contributed by atoms with van der Waals surface area (Å²) in [5.41, 5.74) is 1.60. The van der Waals surface area contributed by atoms with E-state index in [0.29, 0.717) is 18.4 Å². The van der Waals surface area contributed by atoms with Gasteiger partial charge in [0.05, 0.1) is 6.10 Å². The maximum absolute atomic E-state index is 13.4. The third-order valence-corrected chi connectivity index (χ3v) is 3.33. The fourth-order valence-corrected chi connectivity index (χ4v) is 2.15. The molecule has 2 rings (SSSR count). The molecule has 94 valence electrons. The largest absolute Gasteiger partial charge is 0.392 e. The highest BCUT2D eigenvalue weighted by Crippen LogP contribution is 2.15. The van der Waals surface area contributed by atoms with E-state index in [1.54, 1.807) is 18.2 Å². The summed E-state index contributed by atoms with van der Waals surface area (Å²) in [6.07, 6.45) is 0.299. The van der Waals surface area contributed by atoms with Gasteiger partial charge in [-0.3, -0.25) is 0 Å². The van der Waals surface area contributed by atoms with Crippen LogP contribution in [0, 0.1) is 5.82 Å². The van der Waals surface area contributed by atoms with E-state index in [-0.39, 0.29) is 5.82 Å². The fourth-order valence-electron chi connectivity index (χ4n) is 1.88. The summed E-state index contributed by atoms with van der Waals surface area (Å²) in [6.45, 7) is 0. The van der Waals surface area contributed by atoms with Crippen molar-refractivity contribution in [1.29, 1.82) is 0 Å². The molecule has 0 fully saturated rings. The van der Waals surface area contributed by atoms with E-state index in [9.17, 15) is 9.50 Å². The van der Waals surface area contributed by atoms with Crippen LogP contribution in [0.5, 0.6) is 0 Å². The second-order valence-electron chi connectivity index (χ2n) is 4.28. The van der Waals surface area contributed by atoms with Crippen molar-refractivity contribution in [3.63, 3.8) is 0 Å². The van der Waals surface area contributed by atoms with E-state index in [1.807, 2.05) is 24.3 Å². The van der Waals surface area contributed by atoms with Gasteiger partial charge in [-0.15, -0.1) is 0 Å². The number of hydrogen-bond acceptors (Lipinski definition) is 1. The topological polar surface area (TPSA) is 20.2 Å². The van der Waals surface area contributed by atoms with Gasteiger partial charge < -0.3 is 5.11 Å². The average molecular weight is 309 g/mol. The van der Waals surface area contributed by atoms with Gasteiger partial charge in [-0.2, -0.15) is 0 Å². The summed E-state index contributed by atoms with van der Waals surface area (Å²) in [5.74, 6) is -0.257. The van der Waals surface area contributed by atoms with Crippen LogP contribution >= 0.6 is 15.9 Å². The van der Waals surface area contributed by atoms with Crippen LogP contribution < -0.4 is 0 Å². The minimum absolute atomic E-state index is 0.257. The highest BCUT2D eigenvalue weighted by Gasteiger charge is 2.09. The van der Waals surface area contributed by atoms with Crippen LogP contribution in [-0.4, -0.2) is 11.2 Å². The van der Waals surface area contributed by atoms with Crippen LogP contribution in [0.4, 0.5) is 4.39 Å². The minimum atomic E-state index is -0.567. The molecule has 0 heterocycles. The Morgan fingerprint density at radius 3 is 2.33 bits per heavy atom. The van der Waals surface area contributed by atoms with Gasteiger partial charge in [-0.25, -0.2) is 4.39 Å². The van der Waals surface area contributed by atoms with Crippen molar-refractivity contribution in [2.24, 2.45) is 0 Å². The van der Waals surface area contributed by atoms with Crippen LogP contribution in [0.2, 0.25) is 0 Å². The summed E-state index contributed by atoms with van der Waals surface area (Å²) in [6, 6.07) is 14.3. The van der Waals surface area contributed by atoms with Crippen molar-refractivity contribution in [2.75, 3.05) is 0 Å². The monoisotopic (exact) mass is 308 g/mol. The molecule has 1 N–H and O–H groups in total. The molecular weight excluding hydrogens is 295 g/mol. The van der Waals surface area contributed by atoms with Crippen molar-refractivity contribution in [3.8, 4) is 0 Å². The molecule has 2 aromatic carbocycles.